The smallest absolute Gasteiger partial charge is 0.256 e. The van der Waals surface area contributed by atoms with E-state index in [4.69, 9.17) is 5.84 Å². The molecule has 3 N–H and O–H groups in total. The number of carbonyl (C=O) groups excluding carboxylic acids is 2. The Morgan fingerprint density at radius 1 is 1.77 bits per heavy atom. The van der Waals surface area contributed by atoms with Crippen molar-refractivity contribution in [2.75, 3.05) is 6.54 Å². The predicted octanol–water partition coefficient (Wildman–Crippen LogP) is -0.623. The van der Waals surface area contributed by atoms with E-state index in [0.29, 0.717) is 19.4 Å². The van der Waals surface area contributed by atoms with Gasteiger partial charge in [-0.05, 0) is 12.8 Å². The fourth-order valence-electron chi connectivity index (χ4n) is 1.64. The molecule has 0 saturated carbocycles. The summed E-state index contributed by atoms with van der Waals surface area (Å²) in [5.74, 6) is 4.80. The molecule has 1 atom stereocenters. The number of carbonyl (C=O) groups is 2. The number of likely N-dealkylation sites (tertiary alicyclic amines) is 1. The number of rotatable bonds is 3. The lowest BCUT2D eigenvalue weighted by Crippen LogP contribution is -2.49. The third-order valence-corrected chi connectivity index (χ3v) is 2.32. The molecule has 0 bridgehead atoms. The van der Waals surface area contributed by atoms with Crippen LogP contribution >= 0.6 is 0 Å². The highest BCUT2D eigenvalue weighted by Gasteiger charge is 2.30. The lowest BCUT2D eigenvalue weighted by molar-refractivity contribution is -0.137. The molecule has 0 aromatic carbocycles. The number of hydrogen-bond donors (Lipinski definition) is 2. The van der Waals surface area contributed by atoms with E-state index >= 15 is 0 Å². The van der Waals surface area contributed by atoms with Gasteiger partial charge < -0.3 is 4.90 Å². The minimum absolute atomic E-state index is 0.0513. The van der Waals surface area contributed by atoms with Crippen LogP contribution < -0.4 is 11.3 Å². The highest BCUT2D eigenvalue weighted by Crippen LogP contribution is 2.15. The number of hydrogen-bond acceptors (Lipinski definition) is 3. The second-order valence-electron chi connectivity index (χ2n) is 3.12. The zero-order valence-electron chi connectivity index (χ0n) is 7.75. The Bertz CT molecular complexity index is 217. The van der Waals surface area contributed by atoms with Gasteiger partial charge in [0.25, 0.3) is 5.91 Å². The Labute approximate surface area is 77.2 Å². The molecular formula is C8H15N3O2. The Morgan fingerprint density at radius 3 is 2.85 bits per heavy atom. The maximum atomic E-state index is 11.3. The average Bonchev–Trinajstić information content (AvgIpc) is 2.53. The normalized spacial score (nSPS) is 18.9. The molecule has 1 fully saturated rings. The molecule has 74 valence electrons. The molecule has 5 heteroatoms. The molecule has 0 aromatic rings. The second kappa shape index (κ2) is 4.23. The summed E-state index contributed by atoms with van der Waals surface area (Å²) in [6, 6.07) is -0.389. The summed E-state index contributed by atoms with van der Waals surface area (Å²) in [7, 11) is 0. The predicted molar refractivity (Wildman–Crippen MR) is 47.4 cm³/mol. The summed E-state index contributed by atoms with van der Waals surface area (Å²) in [4.78, 5) is 24.1. The Morgan fingerprint density at radius 2 is 2.46 bits per heavy atom. The molecule has 0 unspecified atom stereocenters. The van der Waals surface area contributed by atoms with E-state index in [0.717, 1.165) is 6.42 Å². The SMILES string of the molecule is CC[C@H](C(=O)NN)N1CCCC1=O. The van der Waals surface area contributed by atoms with Crippen LogP contribution in [0.1, 0.15) is 26.2 Å². The van der Waals surface area contributed by atoms with Gasteiger partial charge in [-0.2, -0.15) is 0 Å². The highest BCUT2D eigenvalue weighted by atomic mass is 16.2. The van der Waals surface area contributed by atoms with Crippen LogP contribution in [0, 0.1) is 0 Å². The first-order valence-corrected chi connectivity index (χ1v) is 4.50. The van der Waals surface area contributed by atoms with E-state index < -0.39 is 0 Å². The van der Waals surface area contributed by atoms with Gasteiger partial charge in [-0.1, -0.05) is 6.92 Å². The number of hydrazine groups is 1. The summed E-state index contributed by atoms with van der Waals surface area (Å²) in [6.45, 7) is 2.54. The van der Waals surface area contributed by atoms with Crippen molar-refractivity contribution in [1.82, 2.24) is 10.3 Å². The molecule has 0 aliphatic carbocycles. The first kappa shape index (κ1) is 9.98. The average molecular weight is 185 g/mol. The van der Waals surface area contributed by atoms with Gasteiger partial charge in [0.2, 0.25) is 5.91 Å². The highest BCUT2D eigenvalue weighted by molar-refractivity contribution is 5.88. The van der Waals surface area contributed by atoms with Crippen molar-refractivity contribution in [3.63, 3.8) is 0 Å². The van der Waals surface area contributed by atoms with Crippen LogP contribution in [0.2, 0.25) is 0 Å². The van der Waals surface area contributed by atoms with E-state index in [1.165, 1.54) is 0 Å². The molecule has 13 heavy (non-hydrogen) atoms. The van der Waals surface area contributed by atoms with Crippen molar-refractivity contribution in [3.8, 4) is 0 Å². The van der Waals surface area contributed by atoms with Crippen molar-refractivity contribution in [1.29, 1.82) is 0 Å². The molecular weight excluding hydrogens is 170 g/mol. The largest absolute Gasteiger partial charge is 0.331 e. The van der Waals surface area contributed by atoms with E-state index in [2.05, 4.69) is 5.43 Å². The van der Waals surface area contributed by atoms with Gasteiger partial charge in [0, 0.05) is 13.0 Å². The van der Waals surface area contributed by atoms with Gasteiger partial charge in [-0.3, -0.25) is 15.0 Å². The molecule has 5 nitrogen and oxygen atoms in total. The zero-order valence-corrected chi connectivity index (χ0v) is 7.75. The first-order valence-electron chi connectivity index (χ1n) is 4.50. The Balaban J connectivity index is 2.65. The number of nitrogens with one attached hydrogen (secondary N) is 1. The number of nitrogens with zero attached hydrogens (tertiary/aromatic N) is 1. The first-order chi connectivity index (χ1) is 6.20. The van der Waals surface area contributed by atoms with Crippen LogP contribution in [-0.4, -0.2) is 29.3 Å². The molecule has 1 saturated heterocycles. The van der Waals surface area contributed by atoms with E-state index in [1.807, 2.05) is 6.92 Å². The summed E-state index contributed by atoms with van der Waals surface area (Å²) in [5, 5.41) is 0. The lowest BCUT2D eigenvalue weighted by atomic mass is 10.2. The molecule has 0 spiro atoms. The van der Waals surface area contributed by atoms with E-state index in [1.54, 1.807) is 4.90 Å². The third kappa shape index (κ3) is 1.98. The van der Waals surface area contributed by atoms with Crippen LogP contribution in [0.15, 0.2) is 0 Å². The Kier molecular flexibility index (Phi) is 3.25. The summed E-state index contributed by atoms with van der Waals surface area (Å²) in [6.07, 6.45) is 2.00. The molecule has 1 aliphatic rings. The van der Waals surface area contributed by atoms with Crippen molar-refractivity contribution in [3.05, 3.63) is 0 Å². The summed E-state index contributed by atoms with van der Waals surface area (Å²) in [5.41, 5.74) is 2.08. The van der Waals surface area contributed by atoms with E-state index in [9.17, 15) is 9.59 Å². The van der Waals surface area contributed by atoms with Crippen molar-refractivity contribution in [2.45, 2.75) is 32.2 Å². The quantitative estimate of drug-likeness (QED) is 0.349. The maximum Gasteiger partial charge on any atom is 0.256 e. The molecule has 1 heterocycles. The van der Waals surface area contributed by atoms with Gasteiger partial charge in [-0.25, -0.2) is 5.84 Å². The lowest BCUT2D eigenvalue weighted by Gasteiger charge is -2.24. The fourth-order valence-corrected chi connectivity index (χ4v) is 1.64. The standard InChI is InChI=1S/C8H15N3O2/c1-2-6(8(13)10-9)11-5-3-4-7(11)12/h6H,2-5,9H2,1H3,(H,10,13)/t6-/m1/s1. The van der Waals surface area contributed by atoms with Gasteiger partial charge in [0.05, 0.1) is 0 Å². The maximum absolute atomic E-state index is 11.3. The minimum atomic E-state index is -0.389. The van der Waals surface area contributed by atoms with Crippen molar-refractivity contribution in [2.24, 2.45) is 5.84 Å². The van der Waals surface area contributed by atoms with Crippen molar-refractivity contribution >= 4 is 11.8 Å². The van der Waals surface area contributed by atoms with Crippen LogP contribution in [0.25, 0.3) is 0 Å². The van der Waals surface area contributed by atoms with Crippen LogP contribution in [0.3, 0.4) is 0 Å². The number of amides is 2. The van der Waals surface area contributed by atoms with E-state index in [-0.39, 0.29) is 17.9 Å². The number of nitrogens with two attached hydrogens (primary N) is 1. The molecule has 1 rings (SSSR count). The summed E-state index contributed by atoms with van der Waals surface area (Å²) < 4.78 is 0. The molecule has 0 aromatic heterocycles. The minimum Gasteiger partial charge on any atom is -0.331 e. The molecule has 1 aliphatic heterocycles. The zero-order chi connectivity index (χ0) is 9.84. The molecule has 0 radical (unpaired) electrons. The van der Waals surface area contributed by atoms with Crippen molar-refractivity contribution < 1.29 is 9.59 Å². The van der Waals surface area contributed by atoms with Gasteiger partial charge in [0.1, 0.15) is 6.04 Å². The fraction of sp³-hybridized carbons (Fsp3) is 0.750. The summed E-state index contributed by atoms with van der Waals surface area (Å²) >= 11 is 0. The van der Waals surface area contributed by atoms with Crippen LogP contribution in [0.5, 0.6) is 0 Å². The van der Waals surface area contributed by atoms with Gasteiger partial charge >= 0.3 is 0 Å². The van der Waals surface area contributed by atoms with Gasteiger partial charge in [-0.15, -0.1) is 0 Å². The van der Waals surface area contributed by atoms with Gasteiger partial charge in [0.15, 0.2) is 0 Å². The second-order valence-corrected chi connectivity index (χ2v) is 3.12. The van der Waals surface area contributed by atoms with Crippen LogP contribution in [0.4, 0.5) is 0 Å². The topological polar surface area (TPSA) is 75.4 Å². The van der Waals surface area contributed by atoms with Crippen LogP contribution in [-0.2, 0) is 9.59 Å². The molecule has 2 amide bonds. The third-order valence-electron chi connectivity index (χ3n) is 2.32. The Hall–Kier alpha value is -1.10. The monoisotopic (exact) mass is 185 g/mol.